The summed E-state index contributed by atoms with van der Waals surface area (Å²) < 4.78 is 5.39. The number of aliphatic imine (C=N–C) groups is 1. The quantitative estimate of drug-likeness (QED) is 0.201. The number of rotatable bonds is 11. The molecule has 2 atom stereocenters. The molecule has 0 radical (unpaired) electrons. The number of methoxy groups -OCH3 is 1. The minimum Gasteiger partial charge on any atom is -0.497 e. The number of nitrogen functional groups attached to an aromatic ring is 1. The molecule has 4 N–H and O–H groups in total. The average Bonchev–Trinajstić information content (AvgIpc) is 2.97. The highest BCUT2D eigenvalue weighted by Crippen LogP contribution is 2.28. The van der Waals surface area contributed by atoms with Gasteiger partial charge in [-0.3, -0.25) is 9.79 Å². The summed E-state index contributed by atoms with van der Waals surface area (Å²) in [5.41, 5.74) is 14.0. The van der Waals surface area contributed by atoms with Crippen LogP contribution in [0.3, 0.4) is 0 Å². The summed E-state index contributed by atoms with van der Waals surface area (Å²) in [6.45, 7) is 13.8. The van der Waals surface area contributed by atoms with Crippen LogP contribution in [0.4, 0.5) is 17.3 Å². The first-order valence-corrected chi connectivity index (χ1v) is 15.0. The minimum absolute atomic E-state index is 0.0356. The first-order valence-electron chi connectivity index (χ1n) is 15.0. The van der Waals surface area contributed by atoms with Crippen LogP contribution in [0.5, 0.6) is 5.75 Å². The molecule has 0 bridgehead atoms. The molecular formula is C34H45N7O2. The van der Waals surface area contributed by atoms with E-state index < -0.39 is 0 Å². The van der Waals surface area contributed by atoms with Crippen molar-refractivity contribution in [2.24, 2.45) is 4.99 Å². The summed E-state index contributed by atoms with van der Waals surface area (Å²) in [5.74, 6) is 1.41. The second-order valence-corrected chi connectivity index (χ2v) is 11.3. The van der Waals surface area contributed by atoms with Gasteiger partial charge in [-0.2, -0.15) is 0 Å². The smallest absolute Gasteiger partial charge is 0.254 e. The molecule has 2 heterocycles. The Labute approximate surface area is 255 Å². The predicted molar refractivity (Wildman–Crippen MR) is 177 cm³/mol. The van der Waals surface area contributed by atoms with Crippen molar-refractivity contribution < 1.29 is 9.53 Å². The Hall–Kier alpha value is -4.24. The average molecular weight is 584 g/mol. The van der Waals surface area contributed by atoms with E-state index in [2.05, 4.69) is 41.0 Å². The fraction of sp³-hybridized carbons (Fsp3) is 0.412. The largest absolute Gasteiger partial charge is 0.497 e. The summed E-state index contributed by atoms with van der Waals surface area (Å²) in [4.78, 5) is 29.0. The number of carbonyl (C=O) groups is 1. The van der Waals surface area contributed by atoms with Crippen LogP contribution in [0.15, 0.2) is 48.1 Å². The summed E-state index contributed by atoms with van der Waals surface area (Å²) in [7, 11) is 3.35. The molecule has 1 aliphatic rings. The molecule has 1 saturated heterocycles. The van der Waals surface area contributed by atoms with Crippen molar-refractivity contribution in [1.29, 1.82) is 0 Å². The van der Waals surface area contributed by atoms with Crippen molar-refractivity contribution in [2.75, 3.05) is 38.3 Å². The number of ether oxygens (including phenoxy) is 1. The van der Waals surface area contributed by atoms with Gasteiger partial charge in [0.05, 0.1) is 7.11 Å². The van der Waals surface area contributed by atoms with Crippen LogP contribution in [0.25, 0.3) is 5.57 Å². The number of piperidine rings is 1. The van der Waals surface area contributed by atoms with Crippen LogP contribution in [0, 0.1) is 13.8 Å². The molecule has 2 aromatic carbocycles. The van der Waals surface area contributed by atoms with E-state index in [1.165, 1.54) is 0 Å². The van der Waals surface area contributed by atoms with Crippen LogP contribution in [-0.2, 0) is 12.8 Å². The molecule has 0 aliphatic carbocycles. The fourth-order valence-corrected chi connectivity index (χ4v) is 5.77. The van der Waals surface area contributed by atoms with Gasteiger partial charge in [-0.25, -0.2) is 9.97 Å². The Balaban J connectivity index is 1.33. The Morgan fingerprint density at radius 2 is 2.02 bits per heavy atom. The summed E-state index contributed by atoms with van der Waals surface area (Å²) in [5, 5.41) is 7.03. The number of nitrogens with one attached hydrogen (secondary N) is 2. The maximum Gasteiger partial charge on any atom is 0.254 e. The molecule has 1 aliphatic heterocycles. The maximum absolute atomic E-state index is 13.6. The first kappa shape index (κ1) is 31.7. The highest BCUT2D eigenvalue weighted by atomic mass is 16.5. The van der Waals surface area contributed by atoms with E-state index in [0.717, 1.165) is 71.6 Å². The highest BCUT2D eigenvalue weighted by Gasteiger charge is 2.30. The van der Waals surface area contributed by atoms with E-state index in [-0.39, 0.29) is 11.9 Å². The zero-order valence-corrected chi connectivity index (χ0v) is 26.3. The molecule has 9 nitrogen and oxygen atoms in total. The summed E-state index contributed by atoms with van der Waals surface area (Å²) in [6.07, 6.45) is 7.05. The lowest BCUT2D eigenvalue weighted by atomic mass is 9.94. The van der Waals surface area contributed by atoms with Crippen LogP contribution in [-0.4, -0.2) is 66.3 Å². The number of benzene rings is 2. The van der Waals surface area contributed by atoms with Gasteiger partial charge in [0.25, 0.3) is 5.91 Å². The number of hydrogen-bond donors (Lipinski definition) is 3. The lowest BCUT2D eigenvalue weighted by molar-refractivity contribution is 0.0602. The number of nitrogens with zero attached hydrogens (tertiary/aromatic N) is 4. The van der Waals surface area contributed by atoms with E-state index >= 15 is 0 Å². The number of allylic oxidation sites excluding steroid dienone is 1. The van der Waals surface area contributed by atoms with E-state index in [1.807, 2.05) is 55.3 Å². The van der Waals surface area contributed by atoms with Crippen molar-refractivity contribution in [1.82, 2.24) is 20.2 Å². The molecule has 0 spiro atoms. The van der Waals surface area contributed by atoms with Crippen LogP contribution < -0.4 is 21.1 Å². The van der Waals surface area contributed by atoms with Crippen molar-refractivity contribution >= 4 is 35.0 Å². The van der Waals surface area contributed by atoms with E-state index in [0.29, 0.717) is 35.4 Å². The van der Waals surface area contributed by atoms with Crippen LogP contribution >= 0.6 is 0 Å². The number of likely N-dealkylation sites (tertiary alicyclic amines) is 1. The Bertz CT molecular complexity index is 1500. The second kappa shape index (κ2) is 14.3. The third kappa shape index (κ3) is 7.78. The highest BCUT2D eigenvalue weighted by molar-refractivity contribution is 6.11. The molecule has 1 aromatic heterocycles. The number of aryl methyl sites for hydroxylation is 3. The molecule has 4 rings (SSSR count). The standard InChI is InChI=1S/C34H45N7O2/c1-8-32-25(20-38-34(40-32)39-27-13-21(2)14-28(17-27)43-7)9-11-37-26-10-12-41(24(5)16-26)33(42)30-18-29(23(4)19-36-6)31(35)15-22(30)3/h13-15,17-20,24,26,37H,4,8-12,16,35H2,1-3,5-7H3,(H,38,39,40)/b36-19-/t24-,26+/m1/s1. The van der Waals surface area contributed by atoms with Crippen molar-refractivity contribution in [3.05, 3.63) is 76.6 Å². The zero-order valence-electron chi connectivity index (χ0n) is 26.3. The fourth-order valence-electron chi connectivity index (χ4n) is 5.77. The number of nitrogens with two attached hydrogens (primary N) is 1. The van der Waals surface area contributed by atoms with Crippen molar-refractivity contribution in [2.45, 2.75) is 65.5 Å². The molecule has 0 unspecified atom stereocenters. The Morgan fingerprint density at radius 1 is 1.23 bits per heavy atom. The number of hydrogen-bond acceptors (Lipinski definition) is 8. The molecule has 3 aromatic rings. The first-order chi connectivity index (χ1) is 20.6. The molecule has 43 heavy (non-hydrogen) atoms. The lowest BCUT2D eigenvalue weighted by Gasteiger charge is -2.38. The molecule has 0 saturated carbocycles. The van der Waals surface area contributed by atoms with Crippen LogP contribution in [0.2, 0.25) is 0 Å². The third-order valence-electron chi connectivity index (χ3n) is 8.05. The van der Waals surface area contributed by atoms with Gasteiger partial charge in [0.15, 0.2) is 0 Å². The van der Waals surface area contributed by atoms with Gasteiger partial charge in [-0.05, 0) is 99.5 Å². The SMILES string of the molecule is C=C(/C=N\C)c1cc(C(=O)N2CC[C@H](NCCc3cnc(Nc4cc(C)cc(OC)c4)nc3CC)C[C@H]2C)c(C)cc1N. The zero-order chi connectivity index (χ0) is 31.1. The van der Waals surface area contributed by atoms with Crippen LogP contribution in [0.1, 0.15) is 65.0 Å². The number of aromatic nitrogens is 2. The third-order valence-corrected chi connectivity index (χ3v) is 8.05. The lowest BCUT2D eigenvalue weighted by Crippen LogP contribution is -2.50. The predicted octanol–water partition coefficient (Wildman–Crippen LogP) is 5.53. The number of carbonyl (C=O) groups excluding carboxylic acids is 1. The van der Waals surface area contributed by atoms with Gasteiger partial charge >= 0.3 is 0 Å². The molecule has 9 heteroatoms. The van der Waals surface area contributed by atoms with Crippen molar-refractivity contribution in [3.63, 3.8) is 0 Å². The van der Waals surface area contributed by atoms with Gasteiger partial charge in [0.1, 0.15) is 5.75 Å². The summed E-state index contributed by atoms with van der Waals surface area (Å²) >= 11 is 0. The second-order valence-electron chi connectivity index (χ2n) is 11.3. The van der Waals surface area contributed by atoms with E-state index in [9.17, 15) is 4.79 Å². The van der Waals surface area contributed by atoms with Gasteiger partial charge in [0, 0.05) is 72.3 Å². The Kier molecular flexibility index (Phi) is 10.5. The van der Waals surface area contributed by atoms with Gasteiger partial charge in [-0.15, -0.1) is 0 Å². The van der Waals surface area contributed by atoms with Gasteiger partial charge in [-0.1, -0.05) is 13.5 Å². The van der Waals surface area contributed by atoms with Gasteiger partial charge in [0.2, 0.25) is 5.95 Å². The summed E-state index contributed by atoms with van der Waals surface area (Å²) in [6, 6.07) is 10.1. The maximum atomic E-state index is 13.6. The normalized spacial score (nSPS) is 16.8. The topological polar surface area (TPSA) is 118 Å². The van der Waals surface area contributed by atoms with Gasteiger partial charge < -0.3 is 26.0 Å². The van der Waals surface area contributed by atoms with E-state index in [4.69, 9.17) is 15.5 Å². The van der Waals surface area contributed by atoms with E-state index in [1.54, 1.807) is 20.4 Å². The molecule has 1 fully saturated rings. The molecular weight excluding hydrogens is 538 g/mol. The molecule has 1 amide bonds. The number of amides is 1. The monoisotopic (exact) mass is 583 g/mol. The Morgan fingerprint density at radius 3 is 2.72 bits per heavy atom. The minimum atomic E-state index is 0.0356. The van der Waals surface area contributed by atoms with Crippen molar-refractivity contribution in [3.8, 4) is 5.75 Å². The number of anilines is 3. The molecule has 228 valence electrons.